The third kappa shape index (κ3) is 3.93. The van der Waals surface area contributed by atoms with Crippen LogP contribution in [0.2, 0.25) is 0 Å². The fraction of sp³-hybridized carbons (Fsp3) is 0.467. The van der Waals surface area contributed by atoms with Crippen LogP contribution in [0.15, 0.2) is 24.3 Å². The zero-order chi connectivity index (χ0) is 15.4. The van der Waals surface area contributed by atoms with Gasteiger partial charge in [0, 0.05) is 38.8 Å². The van der Waals surface area contributed by atoms with Crippen LogP contribution < -0.4 is 5.32 Å². The number of carbonyl (C=O) groups excluding carboxylic acids is 2. The molecule has 1 aliphatic heterocycles. The van der Waals surface area contributed by atoms with Crippen molar-refractivity contribution in [2.45, 2.75) is 12.8 Å². The Bertz CT molecular complexity index is 525. The van der Waals surface area contributed by atoms with Gasteiger partial charge in [0.1, 0.15) is 5.82 Å². The highest BCUT2D eigenvalue weighted by Crippen LogP contribution is 2.20. The van der Waals surface area contributed by atoms with Gasteiger partial charge in [0.05, 0.1) is 0 Å². The van der Waals surface area contributed by atoms with Crippen LogP contribution in [0.5, 0.6) is 0 Å². The number of piperidine rings is 1. The number of anilines is 1. The third-order valence-corrected chi connectivity index (χ3v) is 3.61. The highest BCUT2D eigenvalue weighted by Gasteiger charge is 2.27. The third-order valence-electron chi connectivity index (χ3n) is 3.61. The lowest BCUT2D eigenvalue weighted by molar-refractivity contribution is -0.121. The van der Waals surface area contributed by atoms with E-state index in [0.717, 1.165) is 0 Å². The van der Waals surface area contributed by atoms with Gasteiger partial charge in [-0.2, -0.15) is 0 Å². The molecule has 0 atom stereocenters. The molecule has 1 aromatic carbocycles. The number of nitrogens with zero attached hydrogens (tertiary/aromatic N) is 2. The summed E-state index contributed by atoms with van der Waals surface area (Å²) in [6.07, 6.45) is 1.25. The van der Waals surface area contributed by atoms with Crippen molar-refractivity contribution >= 4 is 17.6 Å². The monoisotopic (exact) mass is 293 g/mol. The Labute approximate surface area is 123 Å². The summed E-state index contributed by atoms with van der Waals surface area (Å²) in [5.74, 6) is -0.628. The molecule has 1 aliphatic rings. The Morgan fingerprint density at radius 1 is 1.29 bits per heavy atom. The molecular weight excluding hydrogens is 273 g/mol. The van der Waals surface area contributed by atoms with Gasteiger partial charge in [-0.3, -0.25) is 4.79 Å². The molecule has 1 fully saturated rings. The Kier molecular flexibility index (Phi) is 4.77. The quantitative estimate of drug-likeness (QED) is 0.908. The van der Waals surface area contributed by atoms with E-state index in [4.69, 9.17) is 0 Å². The van der Waals surface area contributed by atoms with Crippen molar-refractivity contribution in [3.05, 3.63) is 30.1 Å². The fourth-order valence-electron chi connectivity index (χ4n) is 2.43. The predicted molar refractivity (Wildman–Crippen MR) is 78.4 cm³/mol. The molecule has 114 valence electrons. The SMILES string of the molecule is CN(C)C(=O)N1CCC(C(=O)Nc2cccc(F)c2)CC1. The number of amides is 3. The van der Waals surface area contributed by atoms with Gasteiger partial charge >= 0.3 is 6.03 Å². The van der Waals surface area contributed by atoms with Crippen LogP contribution in [-0.4, -0.2) is 48.9 Å². The van der Waals surface area contributed by atoms with Gasteiger partial charge in [-0.25, -0.2) is 9.18 Å². The molecule has 0 spiro atoms. The molecule has 1 N–H and O–H groups in total. The maximum atomic E-state index is 13.1. The molecule has 1 heterocycles. The Morgan fingerprint density at radius 2 is 1.95 bits per heavy atom. The number of halogens is 1. The van der Waals surface area contributed by atoms with E-state index in [0.29, 0.717) is 31.6 Å². The lowest BCUT2D eigenvalue weighted by atomic mass is 9.96. The number of nitrogens with one attached hydrogen (secondary N) is 1. The van der Waals surface area contributed by atoms with Gasteiger partial charge in [-0.1, -0.05) is 6.07 Å². The van der Waals surface area contributed by atoms with Crippen LogP contribution in [0.25, 0.3) is 0 Å². The number of likely N-dealkylation sites (tertiary alicyclic amines) is 1. The molecule has 0 aromatic heterocycles. The van der Waals surface area contributed by atoms with Crippen molar-refractivity contribution in [2.24, 2.45) is 5.92 Å². The first-order valence-electron chi connectivity index (χ1n) is 7.00. The fourth-order valence-corrected chi connectivity index (χ4v) is 2.43. The first-order chi connectivity index (χ1) is 9.97. The lowest BCUT2D eigenvalue weighted by Gasteiger charge is -2.33. The van der Waals surface area contributed by atoms with Crippen molar-refractivity contribution in [3.63, 3.8) is 0 Å². The van der Waals surface area contributed by atoms with Crippen LogP contribution >= 0.6 is 0 Å². The van der Waals surface area contributed by atoms with Crippen molar-refractivity contribution < 1.29 is 14.0 Å². The first kappa shape index (κ1) is 15.3. The molecule has 6 heteroatoms. The van der Waals surface area contributed by atoms with E-state index in [1.165, 1.54) is 17.0 Å². The molecule has 0 bridgehead atoms. The zero-order valence-electron chi connectivity index (χ0n) is 12.3. The van der Waals surface area contributed by atoms with E-state index in [-0.39, 0.29) is 23.7 Å². The molecule has 0 saturated carbocycles. The number of hydrogen-bond donors (Lipinski definition) is 1. The summed E-state index contributed by atoms with van der Waals surface area (Å²) < 4.78 is 13.1. The highest BCUT2D eigenvalue weighted by atomic mass is 19.1. The smallest absolute Gasteiger partial charge is 0.319 e. The summed E-state index contributed by atoms with van der Waals surface area (Å²) in [5.41, 5.74) is 0.465. The number of rotatable bonds is 2. The second-order valence-electron chi connectivity index (χ2n) is 5.44. The second-order valence-corrected chi connectivity index (χ2v) is 5.44. The molecule has 0 aliphatic carbocycles. The van der Waals surface area contributed by atoms with Crippen molar-refractivity contribution in [2.75, 3.05) is 32.5 Å². The van der Waals surface area contributed by atoms with E-state index in [9.17, 15) is 14.0 Å². The summed E-state index contributed by atoms with van der Waals surface area (Å²) in [6, 6.07) is 5.82. The van der Waals surface area contributed by atoms with Gasteiger partial charge in [0.2, 0.25) is 5.91 Å². The van der Waals surface area contributed by atoms with Crippen LogP contribution in [-0.2, 0) is 4.79 Å². The topological polar surface area (TPSA) is 52.7 Å². The largest absolute Gasteiger partial charge is 0.331 e. The summed E-state index contributed by atoms with van der Waals surface area (Å²) in [7, 11) is 3.43. The van der Waals surface area contributed by atoms with Crippen LogP contribution in [0.1, 0.15) is 12.8 Å². The van der Waals surface area contributed by atoms with E-state index in [1.807, 2.05) is 0 Å². The van der Waals surface area contributed by atoms with Crippen LogP contribution in [0.4, 0.5) is 14.9 Å². The van der Waals surface area contributed by atoms with Crippen LogP contribution in [0.3, 0.4) is 0 Å². The summed E-state index contributed by atoms with van der Waals surface area (Å²) >= 11 is 0. The minimum atomic E-state index is -0.376. The molecule has 0 radical (unpaired) electrons. The second kappa shape index (κ2) is 6.56. The molecule has 2 rings (SSSR count). The predicted octanol–water partition coefficient (Wildman–Crippen LogP) is 2.16. The normalized spacial score (nSPS) is 15.7. The standard InChI is InChI=1S/C15H20FN3O2/c1-18(2)15(21)19-8-6-11(7-9-19)14(20)17-13-5-3-4-12(16)10-13/h3-5,10-11H,6-9H2,1-2H3,(H,17,20). The molecule has 3 amide bonds. The van der Waals surface area contributed by atoms with Gasteiger partial charge in [0.15, 0.2) is 0 Å². The maximum Gasteiger partial charge on any atom is 0.319 e. The zero-order valence-corrected chi connectivity index (χ0v) is 12.3. The number of urea groups is 1. The molecule has 21 heavy (non-hydrogen) atoms. The van der Waals surface area contributed by atoms with Gasteiger partial charge < -0.3 is 15.1 Å². The highest BCUT2D eigenvalue weighted by molar-refractivity contribution is 5.92. The average Bonchev–Trinajstić information content (AvgIpc) is 2.46. The lowest BCUT2D eigenvalue weighted by Crippen LogP contribution is -2.45. The molecule has 5 nitrogen and oxygen atoms in total. The molecule has 1 aromatic rings. The van der Waals surface area contributed by atoms with Gasteiger partial charge in [0.25, 0.3) is 0 Å². The van der Waals surface area contributed by atoms with Crippen molar-refractivity contribution in [1.29, 1.82) is 0 Å². The summed E-state index contributed by atoms with van der Waals surface area (Å²) in [5, 5.41) is 2.73. The van der Waals surface area contributed by atoms with Crippen molar-refractivity contribution in [3.8, 4) is 0 Å². The minimum absolute atomic E-state index is 0.0287. The Morgan fingerprint density at radius 3 is 2.52 bits per heavy atom. The summed E-state index contributed by atoms with van der Waals surface area (Å²) in [6.45, 7) is 1.14. The number of carbonyl (C=O) groups is 2. The number of hydrogen-bond acceptors (Lipinski definition) is 2. The first-order valence-corrected chi connectivity index (χ1v) is 7.00. The average molecular weight is 293 g/mol. The van der Waals surface area contributed by atoms with E-state index in [2.05, 4.69) is 5.32 Å². The van der Waals surface area contributed by atoms with E-state index >= 15 is 0 Å². The molecule has 1 saturated heterocycles. The molecular formula is C15H20FN3O2. The Hall–Kier alpha value is -2.11. The summed E-state index contributed by atoms with van der Waals surface area (Å²) in [4.78, 5) is 27.2. The Balaban J connectivity index is 1.87. The van der Waals surface area contributed by atoms with E-state index < -0.39 is 0 Å². The maximum absolute atomic E-state index is 13.1. The number of benzene rings is 1. The molecule has 0 unspecified atom stereocenters. The van der Waals surface area contributed by atoms with Gasteiger partial charge in [-0.05, 0) is 31.0 Å². The van der Waals surface area contributed by atoms with Crippen LogP contribution in [0, 0.1) is 11.7 Å². The van der Waals surface area contributed by atoms with Crippen molar-refractivity contribution in [1.82, 2.24) is 9.80 Å². The van der Waals surface area contributed by atoms with Gasteiger partial charge in [-0.15, -0.1) is 0 Å². The van der Waals surface area contributed by atoms with E-state index in [1.54, 1.807) is 31.1 Å². The minimum Gasteiger partial charge on any atom is -0.331 e.